The van der Waals surface area contributed by atoms with Crippen LogP contribution in [0.5, 0.6) is 5.75 Å². The van der Waals surface area contributed by atoms with Crippen molar-refractivity contribution in [2.24, 2.45) is 0 Å². The fraction of sp³-hybridized carbons (Fsp3) is 0.0455. The predicted octanol–water partition coefficient (Wildman–Crippen LogP) is 2.54. The molecule has 31 heavy (non-hydrogen) atoms. The van der Waals surface area contributed by atoms with Crippen molar-refractivity contribution in [1.82, 2.24) is 0 Å². The number of halogens is 1. The lowest BCUT2D eigenvalue weighted by Crippen LogP contribution is -2.29. The third-order valence-electron chi connectivity index (χ3n) is 4.22. The molecule has 1 aliphatic heterocycles. The number of hydrogen-bond donors (Lipinski definition) is 0. The quantitative estimate of drug-likeness (QED) is 0.233. The molecule has 1 heterocycles. The van der Waals surface area contributed by atoms with E-state index in [1.54, 1.807) is 6.92 Å². The van der Waals surface area contributed by atoms with Gasteiger partial charge in [-0.15, -0.1) is 0 Å². The number of allylic oxidation sites excluding steroid dienone is 1. The molecule has 0 N–H and O–H groups in total. The molecule has 0 fully saturated rings. The summed E-state index contributed by atoms with van der Waals surface area (Å²) in [5.74, 6) is -3.91. The summed E-state index contributed by atoms with van der Waals surface area (Å²) in [6.07, 6.45) is 5.09. The molecule has 3 rings (SSSR count). The topological polar surface area (TPSA) is 101 Å². The number of carbonyl (C=O) groups excluding carboxylic acids is 5. The number of anilines is 2. The van der Waals surface area contributed by atoms with Gasteiger partial charge in [0.05, 0.1) is 16.9 Å². The van der Waals surface area contributed by atoms with Gasteiger partial charge in [-0.1, -0.05) is 6.08 Å². The highest BCUT2D eigenvalue weighted by molar-refractivity contribution is 6.28. The second-order valence-corrected chi connectivity index (χ2v) is 6.21. The number of esters is 1. The summed E-state index contributed by atoms with van der Waals surface area (Å²) in [5, 5.41) is 0. The van der Waals surface area contributed by atoms with Crippen LogP contribution in [0.1, 0.15) is 17.3 Å². The summed E-state index contributed by atoms with van der Waals surface area (Å²) in [5.41, 5.74) is 0.289. The summed E-state index contributed by atoms with van der Waals surface area (Å²) in [6, 6.07) is 8.67. The van der Waals surface area contributed by atoms with E-state index in [9.17, 15) is 28.4 Å². The van der Waals surface area contributed by atoms with E-state index >= 15 is 0 Å². The molecule has 0 saturated carbocycles. The molecule has 1 aliphatic rings. The number of benzene rings is 2. The maximum atomic E-state index is 14.4. The molecule has 0 atom stereocenters. The molecule has 0 spiro atoms. The third kappa shape index (κ3) is 4.45. The number of hydrogen-bond acceptors (Lipinski definition) is 6. The first kappa shape index (κ1) is 21.3. The van der Waals surface area contributed by atoms with Crippen molar-refractivity contribution in [2.75, 3.05) is 9.80 Å². The number of ether oxygens (including phenoxy) is 1. The second kappa shape index (κ2) is 8.95. The SMILES string of the molecule is C/C=C\C(=O)N(C=O)c1ccc(OC(=O)c2ccc(N3C(=O)C=CC3=O)cc2)c(F)c1. The van der Waals surface area contributed by atoms with Crippen molar-refractivity contribution in [3.05, 3.63) is 78.1 Å². The largest absolute Gasteiger partial charge is 0.420 e. The van der Waals surface area contributed by atoms with Crippen LogP contribution in [0.4, 0.5) is 15.8 Å². The number of carbonyl (C=O) groups is 5. The first-order valence-electron chi connectivity index (χ1n) is 8.95. The standard InChI is InChI=1S/C22H15FN2O6/c1-2-3-19(27)24(13-26)16-8-9-18(17(23)12-16)31-22(30)14-4-6-15(7-5-14)25-20(28)10-11-21(25)29/h2-13H,1H3/b3-2-. The monoisotopic (exact) mass is 422 g/mol. The molecule has 156 valence electrons. The Morgan fingerprint density at radius 2 is 1.68 bits per heavy atom. The highest BCUT2D eigenvalue weighted by Crippen LogP contribution is 2.25. The fourth-order valence-electron chi connectivity index (χ4n) is 2.75. The Labute approximate surface area is 175 Å². The second-order valence-electron chi connectivity index (χ2n) is 6.21. The van der Waals surface area contributed by atoms with Crippen LogP contribution in [0, 0.1) is 5.82 Å². The minimum absolute atomic E-state index is 0.0340. The lowest BCUT2D eigenvalue weighted by atomic mass is 10.2. The molecule has 4 amide bonds. The van der Waals surface area contributed by atoms with Crippen LogP contribution in [0.25, 0.3) is 0 Å². The molecule has 9 heteroatoms. The van der Waals surface area contributed by atoms with E-state index in [1.807, 2.05) is 0 Å². The van der Waals surface area contributed by atoms with E-state index in [4.69, 9.17) is 4.74 Å². The summed E-state index contributed by atoms with van der Waals surface area (Å²) in [6.45, 7) is 1.59. The highest BCUT2D eigenvalue weighted by Gasteiger charge is 2.25. The predicted molar refractivity (Wildman–Crippen MR) is 108 cm³/mol. The molecule has 2 aromatic carbocycles. The van der Waals surface area contributed by atoms with Gasteiger partial charge in [0.15, 0.2) is 11.6 Å². The van der Waals surface area contributed by atoms with Crippen LogP contribution in [0.15, 0.2) is 66.8 Å². The van der Waals surface area contributed by atoms with Gasteiger partial charge in [-0.3, -0.25) is 19.2 Å². The fourth-order valence-corrected chi connectivity index (χ4v) is 2.75. The van der Waals surface area contributed by atoms with Crippen molar-refractivity contribution in [1.29, 1.82) is 0 Å². The zero-order valence-electron chi connectivity index (χ0n) is 16.2. The molecule has 0 saturated heterocycles. The van der Waals surface area contributed by atoms with Crippen molar-refractivity contribution in [3.8, 4) is 5.75 Å². The lowest BCUT2D eigenvalue weighted by molar-refractivity contribution is -0.120. The van der Waals surface area contributed by atoms with E-state index in [-0.39, 0.29) is 23.3 Å². The molecule has 0 aliphatic carbocycles. The molecular formula is C22H15FN2O6. The van der Waals surface area contributed by atoms with Crippen LogP contribution in [0.3, 0.4) is 0 Å². The van der Waals surface area contributed by atoms with Crippen LogP contribution in [-0.4, -0.2) is 30.1 Å². The molecule has 2 aromatic rings. The van der Waals surface area contributed by atoms with Gasteiger partial charge in [-0.25, -0.2) is 19.0 Å². The van der Waals surface area contributed by atoms with E-state index < -0.39 is 35.3 Å². The smallest absolute Gasteiger partial charge is 0.343 e. The van der Waals surface area contributed by atoms with E-state index in [2.05, 4.69) is 0 Å². The average molecular weight is 422 g/mol. The first-order chi connectivity index (χ1) is 14.8. The summed E-state index contributed by atoms with van der Waals surface area (Å²) >= 11 is 0. The Morgan fingerprint density at radius 3 is 2.23 bits per heavy atom. The van der Waals surface area contributed by atoms with Gasteiger partial charge in [-0.2, -0.15) is 0 Å². The number of amides is 4. The van der Waals surface area contributed by atoms with Gasteiger partial charge in [0.25, 0.3) is 17.7 Å². The lowest BCUT2D eigenvalue weighted by Gasteiger charge is -2.15. The Kier molecular flexibility index (Phi) is 6.15. The first-order valence-corrected chi connectivity index (χ1v) is 8.95. The van der Waals surface area contributed by atoms with Gasteiger partial charge in [-0.05, 0) is 49.4 Å². The van der Waals surface area contributed by atoms with Crippen molar-refractivity contribution < 1.29 is 33.1 Å². The van der Waals surface area contributed by atoms with E-state index in [1.165, 1.54) is 36.4 Å². The number of imide groups is 2. The van der Waals surface area contributed by atoms with E-state index in [0.717, 1.165) is 35.3 Å². The zero-order valence-corrected chi connectivity index (χ0v) is 16.2. The molecule has 0 radical (unpaired) electrons. The normalized spacial score (nSPS) is 13.0. The molecule has 0 aromatic heterocycles. The third-order valence-corrected chi connectivity index (χ3v) is 4.22. The Bertz CT molecular complexity index is 1120. The molecular weight excluding hydrogens is 407 g/mol. The summed E-state index contributed by atoms with van der Waals surface area (Å²) in [4.78, 5) is 60.3. The molecule has 8 nitrogen and oxygen atoms in total. The Hall–Kier alpha value is -4.40. The summed E-state index contributed by atoms with van der Waals surface area (Å²) < 4.78 is 19.4. The van der Waals surface area contributed by atoms with Crippen LogP contribution in [-0.2, 0) is 19.2 Å². The van der Waals surface area contributed by atoms with Crippen LogP contribution in [0.2, 0.25) is 0 Å². The Balaban J connectivity index is 1.74. The van der Waals surface area contributed by atoms with Crippen molar-refractivity contribution in [2.45, 2.75) is 6.92 Å². The molecule has 0 bridgehead atoms. The maximum Gasteiger partial charge on any atom is 0.343 e. The molecule has 0 unspecified atom stereocenters. The van der Waals surface area contributed by atoms with Gasteiger partial charge in [0.2, 0.25) is 6.41 Å². The zero-order chi connectivity index (χ0) is 22.5. The van der Waals surface area contributed by atoms with Crippen LogP contribution < -0.4 is 14.5 Å². The van der Waals surface area contributed by atoms with Gasteiger partial charge in [0, 0.05) is 18.2 Å². The number of nitrogens with zero attached hydrogens (tertiary/aromatic N) is 2. The average Bonchev–Trinajstić information content (AvgIpc) is 3.09. The van der Waals surface area contributed by atoms with Gasteiger partial charge >= 0.3 is 5.97 Å². The van der Waals surface area contributed by atoms with Crippen molar-refractivity contribution >= 4 is 41.5 Å². The minimum atomic E-state index is -0.957. The van der Waals surface area contributed by atoms with Gasteiger partial charge < -0.3 is 4.74 Å². The number of rotatable bonds is 6. The van der Waals surface area contributed by atoms with E-state index in [0.29, 0.717) is 4.90 Å². The minimum Gasteiger partial charge on any atom is -0.420 e. The highest BCUT2D eigenvalue weighted by atomic mass is 19.1. The van der Waals surface area contributed by atoms with Crippen LogP contribution >= 0.6 is 0 Å². The Morgan fingerprint density at radius 1 is 1.03 bits per heavy atom. The van der Waals surface area contributed by atoms with Crippen molar-refractivity contribution in [3.63, 3.8) is 0 Å². The summed E-state index contributed by atoms with van der Waals surface area (Å²) in [7, 11) is 0. The maximum absolute atomic E-state index is 14.4. The van der Waals surface area contributed by atoms with Gasteiger partial charge in [0.1, 0.15) is 0 Å².